The number of halogens is 1. The summed E-state index contributed by atoms with van der Waals surface area (Å²) in [5.74, 6) is 1.57. The van der Waals surface area contributed by atoms with Crippen LogP contribution in [0.4, 0.5) is 5.69 Å². The van der Waals surface area contributed by atoms with Crippen LogP contribution in [0.5, 0.6) is 5.75 Å². The van der Waals surface area contributed by atoms with Crippen LogP contribution in [0.3, 0.4) is 0 Å². The third-order valence-electron chi connectivity index (χ3n) is 4.15. The van der Waals surface area contributed by atoms with E-state index in [1.165, 1.54) is 0 Å². The van der Waals surface area contributed by atoms with E-state index in [2.05, 4.69) is 20.9 Å². The van der Waals surface area contributed by atoms with Crippen molar-refractivity contribution in [3.63, 3.8) is 0 Å². The number of rotatable bonds is 8. The molecular formula is C22H31IN4O2. The molecule has 2 rings (SSSR count). The number of guanidine groups is 1. The first kappa shape index (κ1) is 24.7. The highest BCUT2D eigenvalue weighted by Gasteiger charge is 2.07. The van der Waals surface area contributed by atoms with Gasteiger partial charge < -0.3 is 20.7 Å². The molecule has 0 aromatic heterocycles. The maximum atomic E-state index is 11.7. The van der Waals surface area contributed by atoms with Gasteiger partial charge in [0.1, 0.15) is 5.75 Å². The predicted octanol–water partition coefficient (Wildman–Crippen LogP) is 4.16. The standard InChI is InChI=1S/C22H30N4O2.HI/c1-5-28-20-9-7-6-8-18(20)15-25-22(23-4)24-14-17-10-12-19(13-11-17)26-21(27)16(2)3;/h6-13,16H,5,14-15H2,1-4H3,(H,26,27)(H2,23,24,25);1H. The van der Waals surface area contributed by atoms with Gasteiger partial charge in [-0.25, -0.2) is 0 Å². The molecule has 0 aliphatic heterocycles. The summed E-state index contributed by atoms with van der Waals surface area (Å²) in [6.45, 7) is 7.61. The van der Waals surface area contributed by atoms with Gasteiger partial charge in [0.2, 0.25) is 5.91 Å². The van der Waals surface area contributed by atoms with Crippen LogP contribution in [0.15, 0.2) is 53.5 Å². The molecule has 0 aliphatic carbocycles. The number of nitrogens with zero attached hydrogens (tertiary/aromatic N) is 1. The number of hydrogen-bond acceptors (Lipinski definition) is 3. The van der Waals surface area contributed by atoms with Gasteiger partial charge in [-0.2, -0.15) is 0 Å². The van der Waals surface area contributed by atoms with Gasteiger partial charge in [-0.05, 0) is 30.7 Å². The quantitative estimate of drug-likeness (QED) is 0.283. The zero-order valence-electron chi connectivity index (χ0n) is 17.5. The summed E-state index contributed by atoms with van der Waals surface area (Å²) in [5, 5.41) is 9.49. The lowest BCUT2D eigenvalue weighted by molar-refractivity contribution is -0.118. The lowest BCUT2D eigenvalue weighted by atomic mass is 10.1. The van der Waals surface area contributed by atoms with Crippen molar-refractivity contribution in [2.45, 2.75) is 33.9 Å². The van der Waals surface area contributed by atoms with Gasteiger partial charge in [-0.1, -0.05) is 44.2 Å². The highest BCUT2D eigenvalue weighted by Crippen LogP contribution is 2.17. The minimum Gasteiger partial charge on any atom is -0.494 e. The Kier molecular flexibility index (Phi) is 11.1. The molecule has 0 fully saturated rings. The molecule has 0 bridgehead atoms. The molecule has 7 heteroatoms. The molecule has 29 heavy (non-hydrogen) atoms. The maximum Gasteiger partial charge on any atom is 0.226 e. The van der Waals surface area contributed by atoms with E-state index in [4.69, 9.17) is 4.74 Å². The van der Waals surface area contributed by atoms with Gasteiger partial charge in [-0.15, -0.1) is 24.0 Å². The second-order valence-corrected chi connectivity index (χ2v) is 6.66. The van der Waals surface area contributed by atoms with E-state index in [-0.39, 0.29) is 35.8 Å². The van der Waals surface area contributed by atoms with Crippen LogP contribution in [0.1, 0.15) is 31.9 Å². The highest BCUT2D eigenvalue weighted by molar-refractivity contribution is 14.0. The number of para-hydroxylation sites is 1. The Morgan fingerprint density at radius 2 is 1.69 bits per heavy atom. The van der Waals surface area contributed by atoms with E-state index in [0.29, 0.717) is 25.7 Å². The molecule has 0 radical (unpaired) electrons. The third-order valence-corrected chi connectivity index (χ3v) is 4.15. The number of benzene rings is 2. The van der Waals surface area contributed by atoms with Gasteiger partial charge in [0.15, 0.2) is 5.96 Å². The summed E-state index contributed by atoms with van der Waals surface area (Å²) in [7, 11) is 1.74. The molecule has 0 spiro atoms. The molecule has 3 N–H and O–H groups in total. The number of amides is 1. The number of hydrogen-bond donors (Lipinski definition) is 3. The summed E-state index contributed by atoms with van der Waals surface area (Å²) in [5.41, 5.74) is 2.98. The lowest BCUT2D eigenvalue weighted by Crippen LogP contribution is -2.36. The number of carbonyl (C=O) groups excluding carboxylic acids is 1. The topological polar surface area (TPSA) is 74.8 Å². The molecule has 1 amide bonds. The molecule has 0 saturated heterocycles. The summed E-state index contributed by atoms with van der Waals surface area (Å²) in [6.07, 6.45) is 0. The Hall–Kier alpha value is -2.29. The average molecular weight is 510 g/mol. The normalized spacial score (nSPS) is 10.9. The number of ether oxygens (including phenoxy) is 1. The Morgan fingerprint density at radius 3 is 2.31 bits per heavy atom. The smallest absolute Gasteiger partial charge is 0.226 e. The zero-order valence-corrected chi connectivity index (χ0v) is 19.8. The first-order chi connectivity index (χ1) is 13.5. The number of nitrogens with one attached hydrogen (secondary N) is 3. The molecule has 2 aromatic carbocycles. The van der Waals surface area contributed by atoms with Crippen LogP contribution in [0, 0.1) is 5.92 Å². The largest absolute Gasteiger partial charge is 0.494 e. The van der Waals surface area contributed by atoms with Gasteiger partial charge in [0.25, 0.3) is 0 Å². The second-order valence-electron chi connectivity index (χ2n) is 6.66. The minimum absolute atomic E-state index is 0. The van der Waals surface area contributed by atoms with Gasteiger partial charge in [0, 0.05) is 37.3 Å². The van der Waals surface area contributed by atoms with Crippen LogP contribution < -0.4 is 20.7 Å². The fourth-order valence-corrected chi connectivity index (χ4v) is 2.52. The average Bonchev–Trinajstić information content (AvgIpc) is 2.70. The summed E-state index contributed by atoms with van der Waals surface area (Å²) in [6, 6.07) is 15.8. The Labute approximate surface area is 190 Å². The van der Waals surface area contributed by atoms with Crippen LogP contribution in [0.25, 0.3) is 0 Å². The molecule has 0 unspecified atom stereocenters. The third kappa shape index (κ3) is 8.31. The number of anilines is 1. The Morgan fingerprint density at radius 1 is 1.03 bits per heavy atom. The zero-order chi connectivity index (χ0) is 20.4. The van der Waals surface area contributed by atoms with Gasteiger partial charge >= 0.3 is 0 Å². The molecule has 0 heterocycles. The first-order valence-corrected chi connectivity index (χ1v) is 9.58. The maximum absolute atomic E-state index is 11.7. The van der Waals surface area contributed by atoms with E-state index in [1.807, 2.05) is 69.3 Å². The first-order valence-electron chi connectivity index (χ1n) is 9.58. The number of carbonyl (C=O) groups is 1. The molecule has 6 nitrogen and oxygen atoms in total. The van der Waals surface area contributed by atoms with Crippen molar-refractivity contribution in [1.82, 2.24) is 10.6 Å². The van der Waals surface area contributed by atoms with E-state index in [9.17, 15) is 4.79 Å². The van der Waals surface area contributed by atoms with E-state index < -0.39 is 0 Å². The van der Waals surface area contributed by atoms with E-state index >= 15 is 0 Å². The minimum atomic E-state index is -0.0383. The van der Waals surface area contributed by atoms with Crippen molar-refractivity contribution in [1.29, 1.82) is 0 Å². The molecular weight excluding hydrogens is 479 g/mol. The van der Waals surface area contributed by atoms with Crippen LogP contribution >= 0.6 is 24.0 Å². The summed E-state index contributed by atoms with van der Waals surface area (Å²) in [4.78, 5) is 16.0. The lowest BCUT2D eigenvalue weighted by Gasteiger charge is -2.14. The van der Waals surface area contributed by atoms with Gasteiger partial charge in [0.05, 0.1) is 6.61 Å². The molecule has 2 aromatic rings. The van der Waals surface area contributed by atoms with Gasteiger partial charge in [-0.3, -0.25) is 9.79 Å². The van der Waals surface area contributed by atoms with E-state index in [0.717, 1.165) is 22.6 Å². The van der Waals surface area contributed by atoms with Crippen molar-refractivity contribution >= 4 is 41.5 Å². The highest BCUT2D eigenvalue weighted by atomic mass is 127. The Bertz CT molecular complexity index is 792. The second kappa shape index (κ2) is 13.0. The van der Waals surface area contributed by atoms with Crippen LogP contribution in [-0.4, -0.2) is 25.5 Å². The number of aliphatic imine (C=N–C) groups is 1. The summed E-state index contributed by atoms with van der Waals surface area (Å²) >= 11 is 0. The monoisotopic (exact) mass is 510 g/mol. The van der Waals surface area contributed by atoms with Crippen molar-refractivity contribution in [3.05, 3.63) is 59.7 Å². The molecule has 0 aliphatic rings. The summed E-state index contributed by atoms with van der Waals surface area (Å²) < 4.78 is 5.66. The van der Waals surface area contributed by atoms with Crippen LogP contribution in [0.2, 0.25) is 0 Å². The molecule has 0 saturated carbocycles. The van der Waals surface area contributed by atoms with Crippen molar-refractivity contribution < 1.29 is 9.53 Å². The molecule has 0 atom stereocenters. The fraction of sp³-hybridized carbons (Fsp3) is 0.364. The molecule has 158 valence electrons. The van der Waals surface area contributed by atoms with E-state index in [1.54, 1.807) is 7.05 Å². The van der Waals surface area contributed by atoms with Crippen molar-refractivity contribution in [2.75, 3.05) is 19.0 Å². The van der Waals surface area contributed by atoms with Crippen LogP contribution in [-0.2, 0) is 17.9 Å². The SMILES string of the molecule is CCOc1ccccc1CNC(=NC)NCc1ccc(NC(=O)C(C)C)cc1.I. The van der Waals surface area contributed by atoms with Crippen molar-refractivity contribution in [2.24, 2.45) is 10.9 Å². The van der Waals surface area contributed by atoms with Crippen molar-refractivity contribution in [3.8, 4) is 5.75 Å². The Balaban J connectivity index is 0.00000420. The predicted molar refractivity (Wildman–Crippen MR) is 130 cm³/mol. The fourth-order valence-electron chi connectivity index (χ4n) is 2.52.